The molecule has 0 aliphatic heterocycles. The number of nitrogens with two attached hydrogens (primary N) is 1. The van der Waals surface area contributed by atoms with Crippen LogP contribution in [0.4, 0.5) is 0 Å². The van der Waals surface area contributed by atoms with Gasteiger partial charge in [-0.1, -0.05) is 18.2 Å². The summed E-state index contributed by atoms with van der Waals surface area (Å²) in [6.45, 7) is 5.07. The van der Waals surface area contributed by atoms with Crippen molar-refractivity contribution in [1.29, 1.82) is 0 Å². The molecule has 0 aliphatic rings. The summed E-state index contributed by atoms with van der Waals surface area (Å²) in [5.74, 6) is 0.912. The normalized spacial score (nSPS) is 10.4. The van der Waals surface area contributed by atoms with Crippen molar-refractivity contribution in [3.63, 3.8) is 0 Å². The van der Waals surface area contributed by atoms with Gasteiger partial charge in [-0.3, -0.25) is 4.98 Å². The maximum atomic E-state index is 5.80. The number of benzene rings is 1. The number of pyridine rings is 1. The Morgan fingerprint density at radius 3 is 2.56 bits per heavy atom. The van der Waals surface area contributed by atoms with E-state index in [0.29, 0.717) is 13.2 Å². The van der Waals surface area contributed by atoms with Gasteiger partial charge in [0, 0.05) is 6.54 Å². The Bertz CT molecular complexity index is 538. The van der Waals surface area contributed by atoms with E-state index in [1.165, 1.54) is 11.1 Å². The van der Waals surface area contributed by atoms with Gasteiger partial charge in [-0.25, -0.2) is 0 Å². The molecule has 3 nitrogen and oxygen atoms in total. The van der Waals surface area contributed by atoms with Gasteiger partial charge in [-0.15, -0.1) is 0 Å². The summed E-state index contributed by atoms with van der Waals surface area (Å²) < 4.78 is 5.80. The van der Waals surface area contributed by atoms with Crippen LogP contribution in [0.15, 0.2) is 36.4 Å². The number of aromatic nitrogens is 1. The summed E-state index contributed by atoms with van der Waals surface area (Å²) in [6.07, 6.45) is 0. The number of ether oxygens (including phenoxy) is 1. The van der Waals surface area contributed by atoms with Crippen LogP contribution < -0.4 is 10.5 Å². The van der Waals surface area contributed by atoms with E-state index < -0.39 is 0 Å². The third-order valence-corrected chi connectivity index (χ3v) is 3.00. The molecule has 2 N–H and O–H groups in total. The van der Waals surface area contributed by atoms with Crippen molar-refractivity contribution in [2.75, 3.05) is 0 Å². The second-order valence-corrected chi connectivity index (χ2v) is 4.31. The first-order valence-electron chi connectivity index (χ1n) is 6.04. The molecule has 0 unspecified atom stereocenters. The zero-order valence-electron chi connectivity index (χ0n) is 10.8. The lowest BCUT2D eigenvalue weighted by Crippen LogP contribution is -2.04. The summed E-state index contributed by atoms with van der Waals surface area (Å²) in [5.41, 5.74) is 9.76. The zero-order valence-corrected chi connectivity index (χ0v) is 10.8. The van der Waals surface area contributed by atoms with Crippen molar-refractivity contribution < 1.29 is 4.74 Å². The monoisotopic (exact) mass is 242 g/mol. The molecule has 0 aliphatic carbocycles. The molecule has 1 aromatic carbocycles. The molecule has 2 aromatic rings. The van der Waals surface area contributed by atoms with Crippen molar-refractivity contribution in [3.8, 4) is 5.75 Å². The summed E-state index contributed by atoms with van der Waals surface area (Å²) in [6, 6.07) is 11.9. The molecule has 0 fully saturated rings. The van der Waals surface area contributed by atoms with Crippen LogP contribution in [-0.4, -0.2) is 4.98 Å². The summed E-state index contributed by atoms with van der Waals surface area (Å²) in [7, 11) is 0. The number of hydrogen-bond donors (Lipinski definition) is 1. The highest BCUT2D eigenvalue weighted by Crippen LogP contribution is 2.21. The second kappa shape index (κ2) is 5.65. The lowest BCUT2D eigenvalue weighted by atomic mass is 10.1. The molecular weight excluding hydrogens is 224 g/mol. The highest BCUT2D eigenvalue weighted by atomic mass is 16.5. The van der Waals surface area contributed by atoms with E-state index in [1.807, 2.05) is 30.3 Å². The Kier molecular flexibility index (Phi) is 3.95. The molecule has 0 radical (unpaired) electrons. The van der Waals surface area contributed by atoms with E-state index in [2.05, 4.69) is 24.9 Å². The Hall–Kier alpha value is -1.87. The quantitative estimate of drug-likeness (QED) is 0.896. The Labute approximate surface area is 108 Å². The van der Waals surface area contributed by atoms with E-state index in [9.17, 15) is 0 Å². The van der Waals surface area contributed by atoms with E-state index >= 15 is 0 Å². The molecule has 0 spiro atoms. The van der Waals surface area contributed by atoms with E-state index in [-0.39, 0.29) is 0 Å². The first-order chi connectivity index (χ1) is 8.70. The van der Waals surface area contributed by atoms with Crippen LogP contribution >= 0.6 is 0 Å². The van der Waals surface area contributed by atoms with Gasteiger partial charge in [-0.05, 0) is 43.2 Å². The van der Waals surface area contributed by atoms with Crippen LogP contribution in [0, 0.1) is 13.8 Å². The zero-order chi connectivity index (χ0) is 13.0. The van der Waals surface area contributed by atoms with Crippen LogP contribution in [0.1, 0.15) is 22.5 Å². The topological polar surface area (TPSA) is 48.1 Å². The Morgan fingerprint density at radius 1 is 1.06 bits per heavy atom. The molecule has 0 saturated carbocycles. The average Bonchev–Trinajstić information content (AvgIpc) is 2.41. The number of nitrogens with zero attached hydrogens (tertiary/aromatic N) is 1. The molecular formula is C15H18N2O. The standard InChI is InChI=1S/C15H18N2O/c1-11-5-3-8-15(12(11)2)18-10-14-7-4-6-13(9-16)17-14/h3-8H,9-10,16H2,1-2H3. The Morgan fingerprint density at radius 2 is 1.78 bits per heavy atom. The predicted molar refractivity (Wildman–Crippen MR) is 72.4 cm³/mol. The van der Waals surface area contributed by atoms with E-state index in [1.54, 1.807) is 0 Å². The van der Waals surface area contributed by atoms with E-state index in [0.717, 1.165) is 17.1 Å². The maximum Gasteiger partial charge on any atom is 0.130 e. The van der Waals surface area contributed by atoms with Crippen LogP contribution in [0.25, 0.3) is 0 Å². The van der Waals surface area contributed by atoms with Gasteiger partial charge in [0.05, 0.1) is 11.4 Å². The fourth-order valence-electron chi connectivity index (χ4n) is 1.76. The van der Waals surface area contributed by atoms with Gasteiger partial charge >= 0.3 is 0 Å². The van der Waals surface area contributed by atoms with Crippen LogP contribution in [-0.2, 0) is 13.2 Å². The molecule has 94 valence electrons. The lowest BCUT2D eigenvalue weighted by Gasteiger charge is -2.10. The first-order valence-corrected chi connectivity index (χ1v) is 6.04. The number of aryl methyl sites for hydroxylation is 1. The van der Waals surface area contributed by atoms with Gasteiger partial charge in [0.15, 0.2) is 0 Å². The molecule has 0 saturated heterocycles. The van der Waals surface area contributed by atoms with Gasteiger partial charge in [0.1, 0.15) is 12.4 Å². The van der Waals surface area contributed by atoms with Crippen LogP contribution in [0.3, 0.4) is 0 Å². The molecule has 2 rings (SSSR count). The highest BCUT2D eigenvalue weighted by Gasteiger charge is 2.03. The fourth-order valence-corrected chi connectivity index (χ4v) is 1.76. The molecule has 3 heteroatoms. The molecule has 0 amide bonds. The van der Waals surface area contributed by atoms with Gasteiger partial charge in [0.25, 0.3) is 0 Å². The van der Waals surface area contributed by atoms with Gasteiger partial charge in [0.2, 0.25) is 0 Å². The molecule has 1 aromatic heterocycles. The van der Waals surface area contributed by atoms with Crippen molar-refractivity contribution in [3.05, 3.63) is 58.9 Å². The maximum absolute atomic E-state index is 5.80. The number of hydrogen-bond acceptors (Lipinski definition) is 3. The minimum Gasteiger partial charge on any atom is -0.487 e. The van der Waals surface area contributed by atoms with Gasteiger partial charge < -0.3 is 10.5 Å². The SMILES string of the molecule is Cc1cccc(OCc2cccc(CN)n2)c1C. The first kappa shape index (κ1) is 12.6. The predicted octanol–water partition coefficient (Wildman–Crippen LogP) is 2.74. The highest BCUT2D eigenvalue weighted by molar-refractivity contribution is 5.38. The average molecular weight is 242 g/mol. The van der Waals surface area contributed by atoms with Crippen molar-refractivity contribution >= 4 is 0 Å². The molecule has 1 heterocycles. The summed E-state index contributed by atoms with van der Waals surface area (Å²) in [5, 5.41) is 0. The minimum atomic E-state index is 0.456. The van der Waals surface area contributed by atoms with E-state index in [4.69, 9.17) is 10.5 Å². The fraction of sp³-hybridized carbons (Fsp3) is 0.267. The summed E-state index contributed by atoms with van der Waals surface area (Å²) in [4.78, 5) is 4.41. The third kappa shape index (κ3) is 2.87. The number of rotatable bonds is 4. The largest absolute Gasteiger partial charge is 0.487 e. The Balaban J connectivity index is 2.09. The smallest absolute Gasteiger partial charge is 0.130 e. The lowest BCUT2D eigenvalue weighted by molar-refractivity contribution is 0.298. The van der Waals surface area contributed by atoms with Crippen LogP contribution in [0.2, 0.25) is 0 Å². The third-order valence-electron chi connectivity index (χ3n) is 3.00. The van der Waals surface area contributed by atoms with Gasteiger partial charge in [-0.2, -0.15) is 0 Å². The van der Waals surface area contributed by atoms with Crippen molar-refractivity contribution in [1.82, 2.24) is 4.98 Å². The second-order valence-electron chi connectivity index (χ2n) is 4.31. The molecule has 0 bridgehead atoms. The van der Waals surface area contributed by atoms with Crippen molar-refractivity contribution in [2.45, 2.75) is 27.0 Å². The van der Waals surface area contributed by atoms with Crippen molar-refractivity contribution in [2.24, 2.45) is 5.73 Å². The van der Waals surface area contributed by atoms with Crippen LogP contribution in [0.5, 0.6) is 5.75 Å². The molecule has 0 atom stereocenters. The summed E-state index contributed by atoms with van der Waals surface area (Å²) >= 11 is 0. The minimum absolute atomic E-state index is 0.456. The molecule has 18 heavy (non-hydrogen) atoms.